The molecule has 1 aromatic carbocycles. The molecule has 0 unspecified atom stereocenters. The highest BCUT2D eigenvalue weighted by Gasteiger charge is 2.48. The fourth-order valence-corrected chi connectivity index (χ4v) is 3.35. The Hall–Kier alpha value is -1.06. The van der Waals surface area contributed by atoms with Gasteiger partial charge >= 0.3 is 5.97 Å². The van der Waals surface area contributed by atoms with Gasteiger partial charge in [-0.2, -0.15) is 0 Å². The monoisotopic (exact) mass is 267 g/mol. The molecule has 2 atom stereocenters. The Morgan fingerprint density at radius 3 is 2.83 bits per heavy atom. The van der Waals surface area contributed by atoms with E-state index in [2.05, 4.69) is 5.32 Å². The standard InChI is InChI=1S/C14H18ClNO2/c1-16-14(10-6-3-4-8-12(10)15)9-5-7-11(14)13(17)18-2/h3-4,6,8,11,16H,5,7,9H2,1-2H3/t11-,14+/m0/s1. The van der Waals surface area contributed by atoms with Crippen molar-refractivity contribution in [3.63, 3.8) is 0 Å². The smallest absolute Gasteiger partial charge is 0.310 e. The molecule has 0 aliphatic heterocycles. The minimum atomic E-state index is -0.397. The Balaban J connectivity index is 2.47. The van der Waals surface area contributed by atoms with Gasteiger partial charge in [0.25, 0.3) is 0 Å². The van der Waals surface area contributed by atoms with Crippen LogP contribution in [0.25, 0.3) is 0 Å². The molecule has 1 saturated carbocycles. The molecule has 0 aromatic heterocycles. The summed E-state index contributed by atoms with van der Waals surface area (Å²) in [6.45, 7) is 0. The van der Waals surface area contributed by atoms with Crippen molar-refractivity contribution in [1.29, 1.82) is 0 Å². The summed E-state index contributed by atoms with van der Waals surface area (Å²) in [5.74, 6) is -0.339. The van der Waals surface area contributed by atoms with E-state index in [4.69, 9.17) is 16.3 Å². The number of ether oxygens (including phenoxy) is 1. The Bertz CT molecular complexity index is 449. The van der Waals surface area contributed by atoms with Crippen LogP contribution in [-0.4, -0.2) is 20.1 Å². The van der Waals surface area contributed by atoms with Crippen molar-refractivity contribution in [2.45, 2.75) is 24.8 Å². The van der Waals surface area contributed by atoms with Crippen LogP contribution in [0.4, 0.5) is 0 Å². The number of carbonyl (C=O) groups excluding carboxylic acids is 1. The highest BCUT2D eigenvalue weighted by Crippen LogP contribution is 2.46. The molecule has 0 spiro atoms. The minimum absolute atomic E-state index is 0.165. The van der Waals surface area contributed by atoms with Crippen LogP contribution in [0.2, 0.25) is 5.02 Å². The zero-order chi connectivity index (χ0) is 13.2. The zero-order valence-electron chi connectivity index (χ0n) is 10.7. The minimum Gasteiger partial charge on any atom is -0.469 e. The molecular weight excluding hydrogens is 250 g/mol. The SMILES string of the molecule is CN[C@@]1(c2ccccc2Cl)CCC[C@H]1C(=O)OC. The van der Waals surface area contributed by atoms with Crippen LogP contribution in [0.3, 0.4) is 0 Å². The number of nitrogens with one attached hydrogen (secondary N) is 1. The van der Waals surface area contributed by atoms with E-state index >= 15 is 0 Å². The summed E-state index contributed by atoms with van der Waals surface area (Å²) in [4.78, 5) is 12.0. The summed E-state index contributed by atoms with van der Waals surface area (Å²) < 4.78 is 4.93. The molecule has 1 aliphatic carbocycles. The summed E-state index contributed by atoms with van der Waals surface area (Å²) in [7, 11) is 3.32. The molecule has 1 aliphatic rings. The first kappa shape index (κ1) is 13.4. The number of rotatable bonds is 3. The predicted octanol–water partition coefficient (Wildman–Crippen LogP) is 2.73. The van der Waals surface area contributed by atoms with E-state index < -0.39 is 5.54 Å². The Morgan fingerprint density at radius 1 is 1.50 bits per heavy atom. The molecule has 98 valence electrons. The Labute approximate surface area is 112 Å². The van der Waals surface area contributed by atoms with Crippen LogP contribution >= 0.6 is 11.6 Å². The third-order valence-electron chi connectivity index (χ3n) is 3.95. The van der Waals surface area contributed by atoms with Gasteiger partial charge in [0, 0.05) is 5.02 Å². The normalized spacial score (nSPS) is 27.2. The second kappa shape index (κ2) is 5.29. The number of carbonyl (C=O) groups is 1. The van der Waals surface area contributed by atoms with Crippen LogP contribution < -0.4 is 5.32 Å². The molecule has 1 fully saturated rings. The topological polar surface area (TPSA) is 38.3 Å². The Kier molecular flexibility index (Phi) is 3.93. The van der Waals surface area contributed by atoms with E-state index in [1.807, 2.05) is 31.3 Å². The van der Waals surface area contributed by atoms with Crippen molar-refractivity contribution in [2.75, 3.05) is 14.2 Å². The summed E-state index contributed by atoms with van der Waals surface area (Å²) in [6, 6.07) is 7.70. The summed E-state index contributed by atoms with van der Waals surface area (Å²) in [6.07, 6.45) is 2.72. The van der Waals surface area contributed by atoms with Gasteiger partial charge in [0.2, 0.25) is 0 Å². The highest BCUT2D eigenvalue weighted by atomic mass is 35.5. The number of hydrogen-bond acceptors (Lipinski definition) is 3. The van der Waals surface area contributed by atoms with Crippen LogP contribution in [0.15, 0.2) is 24.3 Å². The lowest BCUT2D eigenvalue weighted by molar-refractivity contribution is -0.147. The fourth-order valence-electron chi connectivity index (χ4n) is 3.05. The maximum atomic E-state index is 12.0. The van der Waals surface area contributed by atoms with Gasteiger partial charge in [-0.1, -0.05) is 36.2 Å². The van der Waals surface area contributed by atoms with Gasteiger partial charge in [0.05, 0.1) is 18.6 Å². The molecule has 1 N–H and O–H groups in total. The van der Waals surface area contributed by atoms with Crippen LogP contribution in [0.5, 0.6) is 0 Å². The fraction of sp³-hybridized carbons (Fsp3) is 0.500. The molecule has 3 nitrogen and oxygen atoms in total. The average Bonchev–Trinajstić information content (AvgIpc) is 2.83. The van der Waals surface area contributed by atoms with Crippen molar-refractivity contribution in [1.82, 2.24) is 5.32 Å². The summed E-state index contributed by atoms with van der Waals surface area (Å²) in [5, 5.41) is 4.01. The van der Waals surface area contributed by atoms with Crippen molar-refractivity contribution < 1.29 is 9.53 Å². The van der Waals surface area contributed by atoms with Crippen molar-refractivity contribution >= 4 is 17.6 Å². The first-order chi connectivity index (χ1) is 8.65. The van der Waals surface area contributed by atoms with E-state index in [1.54, 1.807) is 0 Å². The second-order valence-corrected chi connectivity index (χ2v) is 5.08. The van der Waals surface area contributed by atoms with Crippen molar-refractivity contribution in [3.8, 4) is 0 Å². The van der Waals surface area contributed by atoms with E-state index in [1.165, 1.54) is 7.11 Å². The lowest BCUT2D eigenvalue weighted by atomic mass is 9.80. The molecule has 18 heavy (non-hydrogen) atoms. The summed E-state index contributed by atoms with van der Waals surface area (Å²) in [5.41, 5.74) is 0.591. The third kappa shape index (κ3) is 2.02. The van der Waals surface area contributed by atoms with Crippen LogP contribution in [0, 0.1) is 5.92 Å². The number of esters is 1. The van der Waals surface area contributed by atoms with Crippen molar-refractivity contribution in [3.05, 3.63) is 34.9 Å². The largest absolute Gasteiger partial charge is 0.469 e. The van der Waals surface area contributed by atoms with E-state index in [0.717, 1.165) is 24.8 Å². The molecule has 0 radical (unpaired) electrons. The first-order valence-corrected chi connectivity index (χ1v) is 6.55. The van der Waals surface area contributed by atoms with Gasteiger partial charge < -0.3 is 10.1 Å². The van der Waals surface area contributed by atoms with Gasteiger partial charge in [-0.3, -0.25) is 4.79 Å². The van der Waals surface area contributed by atoms with Gasteiger partial charge in [0.1, 0.15) is 0 Å². The van der Waals surface area contributed by atoms with Gasteiger partial charge in [-0.15, -0.1) is 0 Å². The molecule has 0 amide bonds. The highest BCUT2D eigenvalue weighted by molar-refractivity contribution is 6.31. The third-order valence-corrected chi connectivity index (χ3v) is 4.27. The maximum Gasteiger partial charge on any atom is 0.310 e. The molecule has 0 bridgehead atoms. The number of hydrogen-bond donors (Lipinski definition) is 1. The summed E-state index contributed by atoms with van der Waals surface area (Å²) >= 11 is 6.29. The number of methoxy groups -OCH3 is 1. The predicted molar refractivity (Wildman–Crippen MR) is 71.5 cm³/mol. The molecule has 0 saturated heterocycles. The molecule has 4 heteroatoms. The second-order valence-electron chi connectivity index (χ2n) is 4.67. The van der Waals surface area contributed by atoms with E-state index in [-0.39, 0.29) is 11.9 Å². The lowest BCUT2D eigenvalue weighted by Crippen LogP contribution is -2.46. The van der Waals surface area contributed by atoms with E-state index in [0.29, 0.717) is 5.02 Å². The van der Waals surface area contributed by atoms with E-state index in [9.17, 15) is 4.79 Å². The maximum absolute atomic E-state index is 12.0. The quantitative estimate of drug-likeness (QED) is 0.856. The molecule has 2 rings (SSSR count). The average molecular weight is 268 g/mol. The van der Waals surface area contributed by atoms with Gasteiger partial charge in [0.15, 0.2) is 0 Å². The van der Waals surface area contributed by atoms with Gasteiger partial charge in [-0.25, -0.2) is 0 Å². The first-order valence-electron chi connectivity index (χ1n) is 6.17. The number of benzene rings is 1. The molecule has 1 aromatic rings. The zero-order valence-corrected chi connectivity index (χ0v) is 11.5. The van der Waals surface area contributed by atoms with Crippen LogP contribution in [-0.2, 0) is 15.1 Å². The van der Waals surface area contributed by atoms with Gasteiger partial charge in [-0.05, 0) is 31.5 Å². The van der Waals surface area contributed by atoms with Crippen LogP contribution in [0.1, 0.15) is 24.8 Å². The molecule has 0 heterocycles. The molecular formula is C14H18ClNO2. The lowest BCUT2D eigenvalue weighted by Gasteiger charge is -2.35. The Morgan fingerprint density at radius 2 is 2.22 bits per heavy atom. The van der Waals surface area contributed by atoms with Crippen molar-refractivity contribution in [2.24, 2.45) is 5.92 Å². The number of halogens is 1.